The van der Waals surface area contributed by atoms with E-state index in [2.05, 4.69) is 24.1 Å². The number of fused-ring (bicyclic) bond motifs is 1. The monoisotopic (exact) mass is 358 g/mol. The van der Waals surface area contributed by atoms with Crippen molar-refractivity contribution in [2.24, 2.45) is 5.92 Å². The van der Waals surface area contributed by atoms with Crippen LogP contribution in [0.25, 0.3) is 0 Å². The highest BCUT2D eigenvalue weighted by Gasteiger charge is 2.67. The minimum atomic E-state index is -0.863. The summed E-state index contributed by atoms with van der Waals surface area (Å²) in [5, 5.41) is 26.1. The molecular weight excluding hydrogens is 328 g/mol. The van der Waals surface area contributed by atoms with E-state index in [1.807, 2.05) is 6.07 Å². The van der Waals surface area contributed by atoms with E-state index in [1.165, 1.54) is 12.8 Å². The first kappa shape index (κ1) is 16.8. The van der Waals surface area contributed by atoms with Crippen LogP contribution in [0.3, 0.4) is 0 Å². The number of likely N-dealkylation sites (tertiary alicyclic amines) is 1. The van der Waals surface area contributed by atoms with Crippen molar-refractivity contribution in [3.05, 3.63) is 23.3 Å². The van der Waals surface area contributed by atoms with Crippen molar-refractivity contribution in [1.29, 1.82) is 0 Å². The van der Waals surface area contributed by atoms with E-state index in [-0.39, 0.29) is 17.9 Å². The van der Waals surface area contributed by atoms with Crippen molar-refractivity contribution < 1.29 is 14.9 Å². The lowest BCUT2D eigenvalue weighted by atomic mass is 9.56. The van der Waals surface area contributed by atoms with E-state index in [4.69, 9.17) is 4.74 Å². The van der Waals surface area contributed by atoms with Crippen LogP contribution in [0.2, 0.25) is 0 Å². The number of phenolic OH excluding ortho intramolecular Hbond substituents is 1. The van der Waals surface area contributed by atoms with Crippen LogP contribution >= 0.6 is 0 Å². The van der Waals surface area contributed by atoms with Crippen LogP contribution in [0, 0.1) is 12.8 Å². The first-order valence-electron chi connectivity index (χ1n) is 10.1. The first-order chi connectivity index (χ1) is 12.5. The summed E-state index contributed by atoms with van der Waals surface area (Å²) in [4.78, 5) is 2.50. The third-order valence-electron chi connectivity index (χ3n) is 7.61. The number of hydrogen-bond donors (Lipinski definition) is 3. The van der Waals surface area contributed by atoms with Gasteiger partial charge in [0.1, 0.15) is 6.10 Å². The summed E-state index contributed by atoms with van der Waals surface area (Å²) in [6.07, 6.45) is 4.11. The number of nitrogens with zero attached hydrogens (tertiary/aromatic N) is 1. The molecule has 0 amide bonds. The molecule has 0 bridgehead atoms. The molecule has 4 aliphatic rings. The van der Waals surface area contributed by atoms with Crippen molar-refractivity contribution in [3.63, 3.8) is 0 Å². The molecule has 2 saturated heterocycles. The summed E-state index contributed by atoms with van der Waals surface area (Å²) in [7, 11) is 0. The molecule has 26 heavy (non-hydrogen) atoms. The maximum atomic E-state index is 12.2. The molecule has 4 atom stereocenters. The Morgan fingerprint density at radius 2 is 2.12 bits per heavy atom. The van der Waals surface area contributed by atoms with Crippen LogP contribution < -0.4 is 10.1 Å². The van der Waals surface area contributed by atoms with Crippen LogP contribution in [-0.4, -0.2) is 59.0 Å². The predicted molar refractivity (Wildman–Crippen MR) is 99.8 cm³/mol. The number of aromatic hydroxyl groups is 1. The second-order valence-electron chi connectivity index (χ2n) is 8.93. The van der Waals surface area contributed by atoms with Gasteiger partial charge < -0.3 is 20.3 Å². The van der Waals surface area contributed by atoms with Gasteiger partial charge in [-0.05, 0) is 70.2 Å². The number of benzene rings is 1. The Hall–Kier alpha value is -1.30. The summed E-state index contributed by atoms with van der Waals surface area (Å²) in [6, 6.07) is 3.76. The molecule has 0 radical (unpaired) electrons. The summed E-state index contributed by atoms with van der Waals surface area (Å²) in [6.45, 7) is 7.87. The van der Waals surface area contributed by atoms with E-state index < -0.39 is 11.0 Å². The molecule has 1 aromatic rings. The van der Waals surface area contributed by atoms with Gasteiger partial charge in [-0.25, -0.2) is 0 Å². The number of hydrogen-bond acceptors (Lipinski definition) is 5. The zero-order chi connectivity index (χ0) is 18.1. The van der Waals surface area contributed by atoms with Crippen LogP contribution in [0.5, 0.6) is 11.5 Å². The molecule has 3 N–H and O–H groups in total. The summed E-state index contributed by atoms with van der Waals surface area (Å²) in [5.41, 5.74) is 0.849. The molecule has 5 rings (SSSR count). The Kier molecular flexibility index (Phi) is 3.63. The SMILES string of the molecule is Cc1ccc(O)c2c1C13CCN(CC4CC4)C(C)C1(O)CCNC[C@@H]3O2. The highest BCUT2D eigenvalue weighted by Crippen LogP contribution is 2.60. The number of rotatable bonds is 2. The number of nitrogens with one attached hydrogen (secondary N) is 1. The van der Waals surface area contributed by atoms with E-state index >= 15 is 0 Å². The van der Waals surface area contributed by atoms with E-state index in [9.17, 15) is 10.2 Å². The van der Waals surface area contributed by atoms with Gasteiger partial charge in [-0.15, -0.1) is 0 Å². The van der Waals surface area contributed by atoms with Gasteiger partial charge in [0.2, 0.25) is 0 Å². The van der Waals surface area contributed by atoms with E-state index in [0.29, 0.717) is 18.7 Å². The number of phenols is 1. The molecule has 1 saturated carbocycles. The lowest BCUT2D eigenvalue weighted by Gasteiger charge is -2.57. The van der Waals surface area contributed by atoms with Gasteiger partial charge in [0, 0.05) is 24.7 Å². The second-order valence-corrected chi connectivity index (χ2v) is 8.93. The molecule has 5 heteroatoms. The van der Waals surface area contributed by atoms with Crippen molar-refractivity contribution in [3.8, 4) is 11.5 Å². The van der Waals surface area contributed by atoms with Gasteiger partial charge in [0.25, 0.3) is 0 Å². The van der Waals surface area contributed by atoms with Gasteiger partial charge in [-0.3, -0.25) is 4.90 Å². The fraction of sp³-hybridized carbons (Fsp3) is 0.714. The molecule has 5 nitrogen and oxygen atoms in total. The molecule has 1 aromatic carbocycles. The highest BCUT2D eigenvalue weighted by molar-refractivity contribution is 5.59. The zero-order valence-electron chi connectivity index (χ0n) is 15.8. The molecule has 3 heterocycles. The Labute approximate surface area is 155 Å². The third kappa shape index (κ3) is 2.08. The molecule has 1 aliphatic carbocycles. The summed E-state index contributed by atoms with van der Waals surface area (Å²) < 4.78 is 6.31. The Morgan fingerprint density at radius 3 is 2.88 bits per heavy atom. The molecule has 3 fully saturated rings. The minimum Gasteiger partial charge on any atom is -0.504 e. The zero-order valence-corrected chi connectivity index (χ0v) is 15.8. The van der Waals surface area contributed by atoms with Gasteiger partial charge in [-0.2, -0.15) is 0 Å². The smallest absolute Gasteiger partial charge is 0.165 e. The number of ether oxygens (including phenoxy) is 1. The fourth-order valence-corrected chi connectivity index (χ4v) is 5.98. The van der Waals surface area contributed by atoms with Crippen molar-refractivity contribution >= 4 is 0 Å². The normalized spacial score (nSPS) is 39.5. The van der Waals surface area contributed by atoms with E-state index in [1.54, 1.807) is 6.07 Å². The molecular formula is C21H30N2O3. The van der Waals surface area contributed by atoms with Gasteiger partial charge in [0.15, 0.2) is 11.5 Å². The number of piperidine rings is 1. The maximum absolute atomic E-state index is 12.2. The molecule has 3 aliphatic heterocycles. The minimum absolute atomic E-state index is 0.0792. The van der Waals surface area contributed by atoms with Crippen LogP contribution in [0.1, 0.15) is 43.7 Å². The average Bonchev–Trinajstić information content (AvgIpc) is 3.39. The van der Waals surface area contributed by atoms with E-state index in [0.717, 1.165) is 43.1 Å². The average molecular weight is 358 g/mol. The Balaban J connectivity index is 1.65. The summed E-state index contributed by atoms with van der Waals surface area (Å²) >= 11 is 0. The van der Waals surface area contributed by atoms with Gasteiger partial charge in [-0.1, -0.05) is 6.07 Å². The predicted octanol–water partition coefficient (Wildman–Crippen LogP) is 1.93. The Morgan fingerprint density at radius 1 is 1.31 bits per heavy atom. The van der Waals surface area contributed by atoms with Crippen LogP contribution in [0.15, 0.2) is 12.1 Å². The third-order valence-corrected chi connectivity index (χ3v) is 7.61. The van der Waals surface area contributed by atoms with Crippen LogP contribution in [-0.2, 0) is 5.41 Å². The van der Waals surface area contributed by atoms with Crippen molar-refractivity contribution in [1.82, 2.24) is 10.2 Å². The lowest BCUT2D eigenvalue weighted by Crippen LogP contribution is -2.70. The molecule has 3 unspecified atom stereocenters. The number of aryl methyl sites for hydroxylation is 1. The highest BCUT2D eigenvalue weighted by atomic mass is 16.5. The quantitative estimate of drug-likeness (QED) is 0.754. The van der Waals surface area contributed by atoms with Gasteiger partial charge >= 0.3 is 0 Å². The largest absolute Gasteiger partial charge is 0.504 e. The summed E-state index contributed by atoms with van der Waals surface area (Å²) in [5.74, 6) is 1.61. The maximum Gasteiger partial charge on any atom is 0.165 e. The van der Waals surface area contributed by atoms with Crippen LogP contribution in [0.4, 0.5) is 0 Å². The standard InChI is InChI=1S/C21H30N2O3/c1-13-3-6-16(24)19-18(13)20-8-10-23(12-15-4-5-15)14(2)21(20,25)7-9-22-11-17(20)26-19/h3,6,14-15,17,22,24-25H,4-5,7-12H2,1-2H3/t14?,17-,20?,21?/m0/s1. The molecule has 1 spiro atoms. The topological polar surface area (TPSA) is 65.0 Å². The van der Waals surface area contributed by atoms with Gasteiger partial charge in [0.05, 0.1) is 11.0 Å². The Bertz CT molecular complexity index is 734. The molecule has 0 aromatic heterocycles. The number of aliphatic hydroxyl groups is 1. The molecule has 142 valence electrons. The first-order valence-corrected chi connectivity index (χ1v) is 10.1. The van der Waals surface area contributed by atoms with Crippen molar-refractivity contribution in [2.75, 3.05) is 26.2 Å². The van der Waals surface area contributed by atoms with Crippen molar-refractivity contribution in [2.45, 2.75) is 62.7 Å². The fourth-order valence-electron chi connectivity index (χ4n) is 5.98. The lowest BCUT2D eigenvalue weighted by molar-refractivity contribution is -0.151. The second kappa shape index (κ2) is 5.60.